The van der Waals surface area contributed by atoms with Crippen LogP contribution in [-0.2, 0) is 0 Å². The Bertz CT molecular complexity index is 1050. The maximum atomic E-state index is 13.7. The molecule has 4 rings (SSSR count). The Balaban J connectivity index is 2.15. The van der Waals surface area contributed by atoms with E-state index in [4.69, 9.17) is 0 Å². The third-order valence-corrected chi connectivity index (χ3v) is 16.5. The van der Waals surface area contributed by atoms with Crippen LogP contribution >= 0.6 is 15.9 Å². The normalized spacial score (nSPS) is 11.1. The molecule has 0 amide bonds. The molecule has 0 bridgehead atoms. The fraction of sp³-hybridized carbons (Fsp3) is 0. The number of ketones is 1. The van der Waals surface area contributed by atoms with Gasteiger partial charge in [0, 0.05) is 0 Å². The second-order valence-corrected chi connectivity index (χ2v) is 15.8. The first kappa shape index (κ1) is 19.8. The van der Waals surface area contributed by atoms with Crippen LogP contribution in [0.25, 0.3) is 0 Å². The van der Waals surface area contributed by atoms with Crippen molar-refractivity contribution < 1.29 is 4.79 Å². The van der Waals surface area contributed by atoms with Crippen LogP contribution in [0.15, 0.2) is 121 Å². The zero-order valence-corrected chi connectivity index (χ0v) is 19.2. The third kappa shape index (κ3) is 3.71. The number of carbonyl (C=O) groups is 1. The fourth-order valence-electron chi connectivity index (χ4n) is 3.60. The number of hydrogen-bond acceptors (Lipinski definition) is 1. The number of hydrogen-bond donors (Lipinski definition) is 0. The topological polar surface area (TPSA) is 17.1 Å². The second kappa shape index (κ2) is 8.86. The molecule has 0 saturated heterocycles. The van der Waals surface area contributed by atoms with Gasteiger partial charge in [-0.3, -0.25) is 0 Å². The molecule has 1 nitrogen and oxygen atoms in total. The van der Waals surface area contributed by atoms with Crippen molar-refractivity contribution in [3.63, 3.8) is 0 Å². The SMILES string of the molecule is O=C(C(Br)=[As](c1ccccc1)(c1ccccc1)c1ccccc1)c1ccccc1. The van der Waals surface area contributed by atoms with Gasteiger partial charge in [0.1, 0.15) is 0 Å². The van der Waals surface area contributed by atoms with Crippen molar-refractivity contribution >= 4 is 51.1 Å². The molecule has 0 aliphatic heterocycles. The van der Waals surface area contributed by atoms with E-state index in [1.165, 1.54) is 13.1 Å². The molecule has 0 fully saturated rings. The van der Waals surface area contributed by atoms with E-state index < -0.39 is 13.1 Å². The van der Waals surface area contributed by atoms with E-state index in [-0.39, 0.29) is 5.78 Å². The summed E-state index contributed by atoms with van der Waals surface area (Å²) in [7, 11) is 0. The first-order valence-corrected chi connectivity index (χ1v) is 14.0. The van der Waals surface area contributed by atoms with Crippen LogP contribution in [0.3, 0.4) is 0 Å². The summed E-state index contributed by atoms with van der Waals surface area (Å²) in [5.41, 5.74) is 0.702. The van der Waals surface area contributed by atoms with E-state index in [9.17, 15) is 4.79 Å². The molecule has 4 aromatic rings. The molecule has 0 atom stereocenters. The van der Waals surface area contributed by atoms with Gasteiger partial charge in [0.15, 0.2) is 0 Å². The van der Waals surface area contributed by atoms with Crippen LogP contribution in [0.4, 0.5) is 0 Å². The molecule has 0 saturated carbocycles. The van der Waals surface area contributed by atoms with Gasteiger partial charge < -0.3 is 0 Å². The average Bonchev–Trinajstić information content (AvgIpc) is 2.82. The van der Waals surface area contributed by atoms with E-state index in [1.54, 1.807) is 0 Å². The molecule has 0 aromatic heterocycles. The second-order valence-electron chi connectivity index (χ2n) is 6.66. The summed E-state index contributed by atoms with van der Waals surface area (Å²) in [5.74, 6) is 0.0506. The van der Waals surface area contributed by atoms with Gasteiger partial charge >= 0.3 is 183 Å². The molecule has 29 heavy (non-hydrogen) atoms. The first-order valence-electron chi connectivity index (χ1n) is 9.43. The summed E-state index contributed by atoms with van der Waals surface area (Å²) < 4.78 is 4.39. The van der Waals surface area contributed by atoms with Gasteiger partial charge in [-0.15, -0.1) is 0 Å². The summed E-state index contributed by atoms with van der Waals surface area (Å²) >= 11 is 0.585. The summed E-state index contributed by atoms with van der Waals surface area (Å²) in [6, 6.07) is 40.9. The van der Waals surface area contributed by atoms with E-state index in [2.05, 4.69) is 88.7 Å². The molecule has 0 aliphatic rings. The van der Waals surface area contributed by atoms with Gasteiger partial charge in [0.05, 0.1) is 0 Å². The predicted molar refractivity (Wildman–Crippen MR) is 129 cm³/mol. The van der Waals surface area contributed by atoms with Gasteiger partial charge in [0.2, 0.25) is 0 Å². The number of halogens is 1. The molecule has 142 valence electrons. The van der Waals surface area contributed by atoms with Crippen LogP contribution in [0, 0.1) is 0 Å². The minimum atomic E-state index is -3.27. The molecule has 0 N–H and O–H groups in total. The minimum absolute atomic E-state index is 0.0506. The van der Waals surface area contributed by atoms with Crippen LogP contribution < -0.4 is 13.1 Å². The van der Waals surface area contributed by atoms with E-state index in [0.29, 0.717) is 5.56 Å². The van der Waals surface area contributed by atoms with Gasteiger partial charge in [-0.25, -0.2) is 0 Å². The Morgan fingerprint density at radius 2 is 0.828 bits per heavy atom. The molecule has 0 radical (unpaired) electrons. The van der Waals surface area contributed by atoms with E-state index in [1.807, 2.05) is 48.5 Å². The van der Waals surface area contributed by atoms with Crippen molar-refractivity contribution in [2.45, 2.75) is 0 Å². The molecule has 0 unspecified atom stereocenters. The molecular formula is C26H20AsBrO. The molecule has 0 spiro atoms. The maximum absolute atomic E-state index is 13.7. The third-order valence-electron chi connectivity index (χ3n) is 4.95. The summed E-state index contributed by atoms with van der Waals surface area (Å²) in [4.78, 5) is 13.7. The Hall–Kier alpha value is -2.54. The molecular weight excluding hydrogens is 483 g/mol. The van der Waals surface area contributed by atoms with Crippen molar-refractivity contribution in [3.05, 3.63) is 127 Å². The van der Waals surface area contributed by atoms with Gasteiger partial charge in [-0.05, 0) is 0 Å². The Morgan fingerprint density at radius 3 is 1.17 bits per heavy atom. The summed E-state index contributed by atoms with van der Waals surface area (Å²) in [6.07, 6.45) is 0. The van der Waals surface area contributed by atoms with Gasteiger partial charge in [0.25, 0.3) is 0 Å². The number of Topliss-reactive ketones (excluding diaryl/α,β-unsaturated/α-hetero) is 1. The van der Waals surface area contributed by atoms with E-state index in [0.717, 1.165) is 3.21 Å². The summed E-state index contributed by atoms with van der Waals surface area (Å²) in [6.45, 7) is 0. The monoisotopic (exact) mass is 502 g/mol. The molecule has 3 heteroatoms. The van der Waals surface area contributed by atoms with Crippen LogP contribution in [0.2, 0.25) is 0 Å². The number of rotatable bonds is 5. The van der Waals surface area contributed by atoms with Gasteiger partial charge in [-0.1, -0.05) is 0 Å². The Labute approximate surface area is 182 Å². The Morgan fingerprint density at radius 1 is 0.517 bits per heavy atom. The van der Waals surface area contributed by atoms with Crippen molar-refractivity contribution in [3.8, 4) is 0 Å². The van der Waals surface area contributed by atoms with Crippen LogP contribution in [0.5, 0.6) is 0 Å². The number of carbonyl (C=O) groups excluding carboxylic acids is 1. The quantitative estimate of drug-likeness (QED) is 0.296. The average molecular weight is 503 g/mol. The van der Waals surface area contributed by atoms with Crippen LogP contribution in [-0.4, -0.2) is 22.1 Å². The zero-order chi connectivity index (χ0) is 20.1. The fourth-order valence-corrected chi connectivity index (χ4v) is 15.1. The van der Waals surface area contributed by atoms with Crippen molar-refractivity contribution in [1.29, 1.82) is 0 Å². The Kier molecular flexibility index (Phi) is 6.04. The van der Waals surface area contributed by atoms with Crippen LogP contribution in [0.1, 0.15) is 10.4 Å². The predicted octanol–water partition coefficient (Wildman–Crippen LogP) is 4.15. The van der Waals surface area contributed by atoms with Crippen molar-refractivity contribution in [1.82, 2.24) is 0 Å². The summed E-state index contributed by atoms with van der Waals surface area (Å²) in [5, 5.41) is 0. The number of benzene rings is 4. The van der Waals surface area contributed by atoms with E-state index >= 15 is 0 Å². The van der Waals surface area contributed by atoms with Gasteiger partial charge in [-0.2, -0.15) is 0 Å². The molecule has 0 aliphatic carbocycles. The van der Waals surface area contributed by atoms with Crippen molar-refractivity contribution in [2.75, 3.05) is 0 Å². The van der Waals surface area contributed by atoms with Crippen molar-refractivity contribution in [2.24, 2.45) is 0 Å². The molecule has 0 heterocycles. The standard InChI is InChI=1S/C26H20AsBrO/c28-26(25(29)21-13-5-1-6-14-21)27(22-15-7-2-8-16-22,23-17-9-3-10-18-23)24-19-11-4-12-20-24/h1-20H. The molecule has 4 aromatic carbocycles. The first-order chi connectivity index (χ1) is 14.2. The zero-order valence-electron chi connectivity index (χ0n) is 15.8.